The fourth-order valence-corrected chi connectivity index (χ4v) is 3.17. The van der Waals surface area contributed by atoms with Crippen molar-refractivity contribution in [1.29, 1.82) is 0 Å². The number of carbonyl (C=O) groups is 1. The minimum absolute atomic E-state index is 0.253. The normalized spacial score (nSPS) is 10.5. The lowest BCUT2D eigenvalue weighted by atomic mass is 10.3. The lowest BCUT2D eigenvalue weighted by molar-refractivity contribution is 0.0962. The van der Waals surface area contributed by atoms with Gasteiger partial charge in [-0.3, -0.25) is 20.6 Å². The minimum atomic E-state index is -0.359. The Morgan fingerprint density at radius 3 is 2.74 bits per heavy atom. The molecule has 3 aromatic heterocycles. The second-order valence-electron chi connectivity index (χ2n) is 5.42. The summed E-state index contributed by atoms with van der Waals surface area (Å²) in [5.41, 5.74) is 12.9. The van der Waals surface area contributed by atoms with Crippen molar-refractivity contribution in [1.82, 2.24) is 25.4 Å². The summed E-state index contributed by atoms with van der Waals surface area (Å²) in [7, 11) is 0. The van der Waals surface area contributed by atoms with E-state index < -0.39 is 0 Å². The van der Waals surface area contributed by atoms with Gasteiger partial charge < -0.3 is 11.1 Å². The maximum Gasteiger partial charge on any atom is 0.271 e. The molecule has 134 valence electrons. The first-order valence-electron chi connectivity index (χ1n) is 7.90. The molecule has 0 saturated carbocycles. The summed E-state index contributed by atoms with van der Waals surface area (Å²) in [4.78, 5) is 28.7. The number of benzene rings is 1. The lowest BCUT2D eigenvalue weighted by Crippen LogP contribution is -2.30. The molecule has 0 aliphatic rings. The average molecular weight is 378 g/mol. The van der Waals surface area contributed by atoms with Crippen molar-refractivity contribution in [2.75, 3.05) is 16.5 Å². The van der Waals surface area contributed by atoms with Crippen LogP contribution in [0.2, 0.25) is 0 Å². The first-order chi connectivity index (χ1) is 13.2. The number of rotatable bonds is 5. The summed E-state index contributed by atoms with van der Waals surface area (Å²) in [5, 5.41) is 3.75. The molecule has 0 unspecified atom stereocenters. The van der Waals surface area contributed by atoms with Crippen LogP contribution in [0, 0.1) is 0 Å². The van der Waals surface area contributed by atoms with Gasteiger partial charge >= 0.3 is 0 Å². The summed E-state index contributed by atoms with van der Waals surface area (Å²) < 4.78 is 1.05. The van der Waals surface area contributed by atoms with E-state index in [4.69, 9.17) is 5.73 Å². The van der Waals surface area contributed by atoms with Crippen LogP contribution < -0.4 is 21.9 Å². The van der Waals surface area contributed by atoms with Crippen LogP contribution in [0.15, 0.2) is 55.1 Å². The second-order valence-corrected chi connectivity index (χ2v) is 6.45. The maximum absolute atomic E-state index is 12.1. The first-order valence-corrected chi connectivity index (χ1v) is 8.72. The molecule has 1 aromatic carbocycles. The number of aromatic nitrogens is 4. The number of anilines is 4. The summed E-state index contributed by atoms with van der Waals surface area (Å²) in [6.45, 7) is 0. The van der Waals surface area contributed by atoms with Gasteiger partial charge in [-0.1, -0.05) is 23.5 Å². The zero-order valence-corrected chi connectivity index (χ0v) is 14.7. The molecule has 27 heavy (non-hydrogen) atoms. The number of hydrogen-bond acceptors (Lipinski definition) is 9. The highest BCUT2D eigenvalue weighted by atomic mass is 32.1. The fraction of sp³-hybridized carbons (Fsp3) is 0. The van der Waals surface area contributed by atoms with E-state index in [-0.39, 0.29) is 17.4 Å². The number of fused-ring (bicyclic) bond motifs is 1. The first kappa shape index (κ1) is 16.7. The molecule has 4 aromatic rings. The Morgan fingerprint density at radius 1 is 1.07 bits per heavy atom. The Kier molecular flexibility index (Phi) is 4.45. The fourth-order valence-electron chi connectivity index (χ4n) is 2.31. The zero-order chi connectivity index (χ0) is 18.6. The third kappa shape index (κ3) is 3.60. The molecule has 0 aliphatic carbocycles. The highest BCUT2D eigenvalue weighted by molar-refractivity contribution is 7.22. The molecule has 0 saturated heterocycles. The highest BCUT2D eigenvalue weighted by Crippen LogP contribution is 2.30. The van der Waals surface area contributed by atoms with Gasteiger partial charge in [0.2, 0.25) is 0 Å². The van der Waals surface area contributed by atoms with Crippen LogP contribution in [-0.2, 0) is 0 Å². The number of para-hydroxylation sites is 1. The van der Waals surface area contributed by atoms with Crippen molar-refractivity contribution in [2.45, 2.75) is 0 Å². The Balaban J connectivity index is 1.50. The standard InChI is InChI=1S/C17H14N8OS/c18-13-14(23-17-22-11-5-1-2-6-12(11)27-17)20-9-21-15(13)24-25-16(26)10-4-3-7-19-8-10/h1-9H,18H2,(H,25,26)(H2,20,21,22,23,24). The van der Waals surface area contributed by atoms with Crippen LogP contribution >= 0.6 is 11.3 Å². The van der Waals surface area contributed by atoms with Crippen LogP contribution in [0.3, 0.4) is 0 Å². The topological polar surface area (TPSA) is 131 Å². The van der Waals surface area contributed by atoms with E-state index in [2.05, 4.69) is 36.1 Å². The molecular weight excluding hydrogens is 364 g/mol. The van der Waals surface area contributed by atoms with Gasteiger partial charge in [-0.15, -0.1) is 0 Å². The molecule has 4 rings (SSSR count). The molecule has 0 bridgehead atoms. The SMILES string of the molecule is Nc1c(NNC(=O)c2cccnc2)ncnc1Nc1nc2ccccc2s1. The molecule has 5 N–H and O–H groups in total. The van der Waals surface area contributed by atoms with E-state index in [9.17, 15) is 4.79 Å². The van der Waals surface area contributed by atoms with E-state index in [0.717, 1.165) is 10.2 Å². The number of nitrogens with two attached hydrogens (primary N) is 1. The molecule has 0 spiro atoms. The van der Waals surface area contributed by atoms with Crippen molar-refractivity contribution >= 4 is 49.9 Å². The Bertz CT molecular complexity index is 1070. The van der Waals surface area contributed by atoms with E-state index in [1.807, 2.05) is 24.3 Å². The highest BCUT2D eigenvalue weighted by Gasteiger charge is 2.12. The number of nitrogens with zero attached hydrogens (tertiary/aromatic N) is 4. The molecule has 0 atom stereocenters. The van der Waals surface area contributed by atoms with Gasteiger partial charge in [0, 0.05) is 12.4 Å². The summed E-state index contributed by atoms with van der Waals surface area (Å²) in [5.74, 6) is 0.301. The number of amides is 1. The Hall–Kier alpha value is -3.79. The minimum Gasteiger partial charge on any atom is -0.393 e. The predicted molar refractivity (Wildman–Crippen MR) is 105 cm³/mol. The van der Waals surface area contributed by atoms with Gasteiger partial charge in [-0.25, -0.2) is 15.0 Å². The molecular formula is C17H14N8OS. The van der Waals surface area contributed by atoms with E-state index in [1.54, 1.807) is 18.3 Å². The summed E-state index contributed by atoms with van der Waals surface area (Å²) in [6, 6.07) is 11.1. The zero-order valence-electron chi connectivity index (χ0n) is 13.9. The maximum atomic E-state index is 12.1. The van der Waals surface area contributed by atoms with Gasteiger partial charge in [0.15, 0.2) is 16.8 Å². The van der Waals surface area contributed by atoms with Crippen molar-refractivity contribution in [3.05, 3.63) is 60.7 Å². The molecule has 9 nitrogen and oxygen atoms in total. The molecule has 0 aliphatic heterocycles. The van der Waals surface area contributed by atoms with E-state index >= 15 is 0 Å². The quantitative estimate of drug-likeness (QED) is 0.390. The van der Waals surface area contributed by atoms with Crippen molar-refractivity contribution in [3.63, 3.8) is 0 Å². The Labute approximate surface area is 157 Å². The smallest absolute Gasteiger partial charge is 0.271 e. The molecule has 3 heterocycles. The molecule has 0 radical (unpaired) electrons. The van der Waals surface area contributed by atoms with Gasteiger partial charge in [-0.05, 0) is 24.3 Å². The number of hydrazine groups is 1. The van der Waals surface area contributed by atoms with Crippen LogP contribution in [-0.4, -0.2) is 25.8 Å². The summed E-state index contributed by atoms with van der Waals surface area (Å²) in [6.07, 6.45) is 4.39. The van der Waals surface area contributed by atoms with Crippen LogP contribution in [0.25, 0.3) is 10.2 Å². The van der Waals surface area contributed by atoms with E-state index in [1.165, 1.54) is 23.9 Å². The predicted octanol–water partition coefficient (Wildman–Crippen LogP) is 2.56. The third-order valence-electron chi connectivity index (χ3n) is 3.62. The number of thiazole rings is 1. The Morgan fingerprint density at radius 2 is 1.93 bits per heavy atom. The number of carbonyl (C=O) groups excluding carboxylic acids is 1. The van der Waals surface area contributed by atoms with Gasteiger partial charge in [0.05, 0.1) is 15.8 Å². The average Bonchev–Trinajstić information content (AvgIpc) is 3.11. The van der Waals surface area contributed by atoms with Crippen LogP contribution in [0.1, 0.15) is 10.4 Å². The monoisotopic (exact) mass is 378 g/mol. The summed E-state index contributed by atoms with van der Waals surface area (Å²) >= 11 is 1.49. The van der Waals surface area contributed by atoms with Crippen LogP contribution in [0.4, 0.5) is 22.5 Å². The number of pyridine rings is 1. The number of nitrogens with one attached hydrogen (secondary N) is 3. The van der Waals surface area contributed by atoms with Crippen molar-refractivity contribution in [2.24, 2.45) is 0 Å². The van der Waals surface area contributed by atoms with Gasteiger partial charge in [0.1, 0.15) is 12.0 Å². The van der Waals surface area contributed by atoms with Crippen LogP contribution in [0.5, 0.6) is 0 Å². The lowest BCUT2D eigenvalue weighted by Gasteiger charge is -2.12. The number of hydrogen-bond donors (Lipinski definition) is 4. The largest absolute Gasteiger partial charge is 0.393 e. The van der Waals surface area contributed by atoms with Crippen molar-refractivity contribution in [3.8, 4) is 0 Å². The van der Waals surface area contributed by atoms with Gasteiger partial charge in [-0.2, -0.15) is 0 Å². The number of nitrogen functional groups attached to an aromatic ring is 1. The second kappa shape index (κ2) is 7.22. The molecule has 10 heteroatoms. The molecule has 1 amide bonds. The third-order valence-corrected chi connectivity index (χ3v) is 4.57. The van der Waals surface area contributed by atoms with Crippen molar-refractivity contribution < 1.29 is 4.79 Å². The van der Waals surface area contributed by atoms with E-state index in [0.29, 0.717) is 16.5 Å². The molecule has 0 fully saturated rings. The van der Waals surface area contributed by atoms with Gasteiger partial charge in [0.25, 0.3) is 5.91 Å².